The highest BCUT2D eigenvalue weighted by Gasteiger charge is 2.47. The predicted octanol–water partition coefficient (Wildman–Crippen LogP) is 8.43. The number of phenols is 1. The van der Waals surface area contributed by atoms with Crippen LogP contribution in [0, 0.1) is 0 Å². The maximum absolute atomic E-state index is 13.5. The van der Waals surface area contributed by atoms with Crippen LogP contribution in [0.5, 0.6) is 5.75 Å². The summed E-state index contributed by atoms with van der Waals surface area (Å²) in [6.07, 6.45) is 1.32. The number of carboxylic acid groups (broad SMARTS) is 1. The third kappa shape index (κ3) is 9.66. The van der Waals surface area contributed by atoms with Gasteiger partial charge in [0.2, 0.25) is 5.56 Å². The summed E-state index contributed by atoms with van der Waals surface area (Å²) in [6, 6.07) is 16.8. The smallest absolute Gasteiger partial charge is 0.409 e. The first-order chi connectivity index (χ1) is 26.8. The van der Waals surface area contributed by atoms with Gasteiger partial charge in [0.1, 0.15) is 11.5 Å². The molecule has 6 rings (SSSR count). The largest absolute Gasteiger partial charge is 0.506 e. The Balaban J connectivity index is 1.16. The summed E-state index contributed by atoms with van der Waals surface area (Å²) in [6.45, 7) is 21.3. The molecule has 2 aliphatic rings. The first-order valence-corrected chi connectivity index (χ1v) is 23.9. The highest BCUT2D eigenvalue weighted by molar-refractivity contribution is 7.10. The molecule has 2 aromatic carbocycles. The Morgan fingerprint density at radius 1 is 1.04 bits per heavy atom. The van der Waals surface area contributed by atoms with Crippen LogP contribution in [0.4, 0.5) is 4.79 Å². The fourth-order valence-electron chi connectivity index (χ4n) is 8.04. The molecule has 4 aromatic rings. The van der Waals surface area contributed by atoms with Gasteiger partial charge in [0.15, 0.2) is 8.32 Å². The molecule has 0 aliphatic carbocycles. The standard InChI is InChI=1S/C44H60N4O7SSi/c1-30(2)37-25-34(28-56-37)40(51)47-22-23-54-44(29-47)17-20-46(21-18-44)27-32-11-9-10-31(24-32)26-43(6,55-57(7,8)42(3,4)5)48(41(52)53)19-16-33-12-14-36(49)39-35(33)13-15-38(50)45-39/h9-15,24-25,28,30,49H,16-23,26-27,29H2,1-8H3,(H,45,50)(H,52,53)/t43-/m1/s1. The monoisotopic (exact) mass is 816 g/mol. The maximum atomic E-state index is 13.5. The number of ether oxygens (including phenoxy) is 1. The number of aromatic nitrogens is 1. The minimum Gasteiger partial charge on any atom is -0.506 e. The van der Waals surface area contributed by atoms with Crippen LogP contribution in [0.15, 0.2) is 64.8 Å². The van der Waals surface area contributed by atoms with Crippen LogP contribution in [-0.4, -0.2) is 101 Å². The van der Waals surface area contributed by atoms with Gasteiger partial charge in [-0.15, -0.1) is 11.3 Å². The van der Waals surface area contributed by atoms with Gasteiger partial charge in [-0.2, -0.15) is 0 Å². The average molecular weight is 817 g/mol. The van der Waals surface area contributed by atoms with Crippen molar-refractivity contribution in [3.8, 4) is 5.75 Å². The van der Waals surface area contributed by atoms with Crippen molar-refractivity contribution in [3.05, 3.63) is 97.5 Å². The molecule has 0 saturated carbocycles. The Bertz CT molecular complexity index is 2130. The van der Waals surface area contributed by atoms with Gasteiger partial charge in [-0.1, -0.05) is 65.0 Å². The van der Waals surface area contributed by atoms with Crippen LogP contribution in [0.1, 0.15) is 92.2 Å². The first kappa shape index (κ1) is 42.6. The molecule has 4 heterocycles. The van der Waals surface area contributed by atoms with E-state index in [0.29, 0.717) is 49.4 Å². The summed E-state index contributed by atoms with van der Waals surface area (Å²) in [5.74, 6) is 0.459. The molecule has 11 nitrogen and oxygen atoms in total. The lowest BCUT2D eigenvalue weighted by molar-refractivity contribution is -0.127. The zero-order chi connectivity index (χ0) is 41.3. The summed E-state index contributed by atoms with van der Waals surface area (Å²) in [5.41, 5.74) is 2.20. The van der Waals surface area contributed by atoms with Crippen LogP contribution in [0.25, 0.3) is 10.9 Å². The second-order valence-electron chi connectivity index (χ2n) is 18.0. The van der Waals surface area contributed by atoms with E-state index in [2.05, 4.69) is 69.7 Å². The van der Waals surface area contributed by atoms with E-state index in [0.717, 1.165) is 54.7 Å². The fourth-order valence-corrected chi connectivity index (χ4v) is 10.5. The van der Waals surface area contributed by atoms with E-state index < -0.39 is 20.1 Å². The van der Waals surface area contributed by atoms with E-state index >= 15 is 0 Å². The molecule has 1 atom stereocenters. The van der Waals surface area contributed by atoms with Gasteiger partial charge in [0, 0.05) is 60.9 Å². The van der Waals surface area contributed by atoms with E-state index in [1.54, 1.807) is 23.5 Å². The number of rotatable bonds is 12. The number of likely N-dealkylation sites (tertiary alicyclic amines) is 1. The van der Waals surface area contributed by atoms with Gasteiger partial charge in [-0.05, 0) is 85.1 Å². The number of piperidine rings is 1. The second kappa shape index (κ2) is 16.7. The minimum atomic E-state index is -2.49. The lowest BCUT2D eigenvalue weighted by Crippen LogP contribution is -2.59. The Morgan fingerprint density at radius 3 is 2.42 bits per heavy atom. The predicted molar refractivity (Wildman–Crippen MR) is 229 cm³/mol. The second-order valence-corrected chi connectivity index (χ2v) is 23.7. The summed E-state index contributed by atoms with van der Waals surface area (Å²) in [5, 5.41) is 23.7. The number of nitrogens with zero attached hydrogens (tertiary/aromatic N) is 3. The van der Waals surface area contributed by atoms with Gasteiger partial charge in [0.25, 0.3) is 5.91 Å². The van der Waals surface area contributed by atoms with Crippen molar-refractivity contribution >= 4 is 42.6 Å². The number of H-pyrrole nitrogens is 1. The van der Waals surface area contributed by atoms with Crippen LogP contribution in [0.2, 0.25) is 18.1 Å². The van der Waals surface area contributed by atoms with E-state index in [4.69, 9.17) is 9.16 Å². The van der Waals surface area contributed by atoms with E-state index in [1.165, 1.54) is 21.9 Å². The van der Waals surface area contributed by atoms with Crippen molar-refractivity contribution in [1.82, 2.24) is 19.7 Å². The number of thiophene rings is 1. The number of aromatic amines is 1. The summed E-state index contributed by atoms with van der Waals surface area (Å²) in [4.78, 5) is 48.5. The minimum absolute atomic E-state index is 0.0352. The van der Waals surface area contributed by atoms with Crippen molar-refractivity contribution in [2.75, 3.05) is 39.3 Å². The molecule has 57 heavy (non-hydrogen) atoms. The van der Waals surface area contributed by atoms with Gasteiger partial charge in [-0.25, -0.2) is 4.79 Å². The highest BCUT2D eigenvalue weighted by atomic mass is 32.1. The molecule has 3 N–H and O–H groups in total. The Hall–Kier alpha value is -4.01. The van der Waals surface area contributed by atoms with Crippen molar-refractivity contribution < 1.29 is 29.0 Å². The fraction of sp³-hybridized carbons (Fsp3) is 0.523. The number of nitrogens with one attached hydrogen (secondary N) is 1. The SMILES string of the molecule is CC(C)c1cc(C(=O)N2CCOC3(CCN(Cc4cccc(C[C@@](C)(O[Si](C)(C)C(C)(C)C)N(CCc5ccc(O)c6[nH]c(=O)ccc56)C(=O)O)c4)CC3)C2)cs1. The van der Waals surface area contributed by atoms with Crippen molar-refractivity contribution in [3.63, 3.8) is 0 Å². The quantitative estimate of drug-likeness (QED) is 0.0959. The molecule has 13 heteroatoms. The van der Waals surface area contributed by atoms with Gasteiger partial charge < -0.3 is 29.3 Å². The van der Waals surface area contributed by atoms with Crippen LogP contribution >= 0.6 is 11.3 Å². The average Bonchev–Trinajstić information content (AvgIpc) is 3.64. The highest BCUT2D eigenvalue weighted by Crippen LogP contribution is 2.41. The van der Waals surface area contributed by atoms with Gasteiger partial charge >= 0.3 is 6.09 Å². The Kier molecular flexibility index (Phi) is 12.5. The number of carbonyl (C=O) groups excluding carboxylic acids is 1. The molecule has 2 fully saturated rings. The van der Waals surface area contributed by atoms with E-state index in [-0.39, 0.29) is 34.4 Å². The number of fused-ring (bicyclic) bond motifs is 1. The number of amides is 2. The van der Waals surface area contributed by atoms with Gasteiger partial charge in [0.05, 0.1) is 29.8 Å². The molecule has 2 aromatic heterocycles. The number of phenolic OH excluding ortho intramolecular Hbond substituents is 1. The van der Waals surface area contributed by atoms with Crippen molar-refractivity contribution in [2.45, 2.75) is 109 Å². The molecule has 1 spiro atoms. The number of morpholine rings is 1. The van der Waals surface area contributed by atoms with Crippen molar-refractivity contribution in [2.24, 2.45) is 0 Å². The van der Waals surface area contributed by atoms with Crippen molar-refractivity contribution in [1.29, 1.82) is 0 Å². The number of benzene rings is 2. The number of carbonyl (C=O) groups is 2. The van der Waals surface area contributed by atoms with Gasteiger partial charge in [-0.3, -0.25) is 19.4 Å². The van der Waals surface area contributed by atoms with E-state index in [1.807, 2.05) is 35.4 Å². The molecule has 2 aliphatic heterocycles. The number of hydrogen-bond acceptors (Lipinski definition) is 8. The van der Waals surface area contributed by atoms with E-state index in [9.17, 15) is 24.6 Å². The molecule has 0 bridgehead atoms. The lowest BCUT2D eigenvalue weighted by Gasteiger charge is -2.48. The number of aromatic hydroxyl groups is 1. The molecule has 0 radical (unpaired) electrons. The summed E-state index contributed by atoms with van der Waals surface area (Å²) < 4.78 is 13.5. The molecule has 308 valence electrons. The maximum Gasteiger partial charge on any atom is 0.409 e. The third-order valence-electron chi connectivity index (χ3n) is 12.3. The summed E-state index contributed by atoms with van der Waals surface area (Å²) in [7, 11) is -2.49. The normalized spacial score (nSPS) is 17.6. The molecular weight excluding hydrogens is 757 g/mol. The lowest BCUT2D eigenvalue weighted by atomic mass is 9.88. The Morgan fingerprint density at radius 2 is 1.75 bits per heavy atom. The molecule has 2 saturated heterocycles. The number of hydrogen-bond donors (Lipinski definition) is 3. The molecular formula is C44H60N4O7SSi. The number of pyridine rings is 1. The molecule has 0 unspecified atom stereocenters. The zero-order valence-electron chi connectivity index (χ0n) is 34.8. The zero-order valence-corrected chi connectivity index (χ0v) is 36.6. The first-order valence-electron chi connectivity index (χ1n) is 20.1. The summed E-state index contributed by atoms with van der Waals surface area (Å²) >= 11 is 1.65. The molecule has 2 amide bonds. The van der Waals surface area contributed by atoms with Crippen LogP contribution in [0.3, 0.4) is 0 Å². The Labute approximate surface area is 341 Å². The van der Waals surface area contributed by atoms with Crippen LogP contribution in [-0.2, 0) is 28.5 Å². The third-order valence-corrected chi connectivity index (χ3v) is 18.1. The van der Waals surface area contributed by atoms with Crippen LogP contribution < -0.4 is 5.56 Å². The topological polar surface area (TPSA) is 136 Å².